The third kappa shape index (κ3) is 3.69. The van der Waals surface area contributed by atoms with Crippen molar-refractivity contribution in [3.8, 4) is 0 Å². The van der Waals surface area contributed by atoms with Gasteiger partial charge >= 0.3 is 0 Å². The first-order valence-corrected chi connectivity index (χ1v) is 6.20. The highest BCUT2D eigenvalue weighted by Crippen LogP contribution is 2.13. The minimum atomic E-state index is -0.0957. The normalized spacial score (nSPS) is 12.1. The molecule has 1 rings (SSSR count). The van der Waals surface area contributed by atoms with Gasteiger partial charge in [-0.25, -0.2) is 0 Å². The van der Waals surface area contributed by atoms with Gasteiger partial charge in [-0.2, -0.15) is 15.0 Å². The average molecular weight is 254 g/mol. The van der Waals surface area contributed by atoms with Gasteiger partial charge in [-0.15, -0.1) is 0 Å². The molecule has 1 atom stereocenters. The Morgan fingerprint density at radius 1 is 1.17 bits per heavy atom. The van der Waals surface area contributed by atoms with Gasteiger partial charge in [0.15, 0.2) is 0 Å². The molecule has 0 spiro atoms. The van der Waals surface area contributed by atoms with Crippen LogP contribution >= 0.6 is 0 Å². The van der Waals surface area contributed by atoms with Crippen LogP contribution in [0.1, 0.15) is 20.8 Å². The molecular weight excluding hydrogens is 232 g/mol. The number of anilines is 3. The molecule has 1 aromatic heterocycles. The zero-order chi connectivity index (χ0) is 13.5. The van der Waals surface area contributed by atoms with Crippen LogP contribution < -0.4 is 15.5 Å². The summed E-state index contributed by atoms with van der Waals surface area (Å²) in [5, 5.41) is 15.0. The van der Waals surface area contributed by atoms with Crippen molar-refractivity contribution in [2.24, 2.45) is 0 Å². The summed E-state index contributed by atoms with van der Waals surface area (Å²) >= 11 is 0. The molecule has 0 aromatic carbocycles. The monoisotopic (exact) mass is 254 g/mol. The van der Waals surface area contributed by atoms with Crippen LogP contribution in [-0.2, 0) is 0 Å². The van der Waals surface area contributed by atoms with Gasteiger partial charge in [-0.1, -0.05) is 0 Å². The first-order valence-electron chi connectivity index (χ1n) is 6.20. The van der Waals surface area contributed by atoms with Crippen LogP contribution in [0.15, 0.2) is 0 Å². The molecule has 0 saturated heterocycles. The number of aliphatic hydroxyl groups excluding tert-OH is 1. The number of nitrogens with zero attached hydrogens (tertiary/aromatic N) is 4. The van der Waals surface area contributed by atoms with E-state index < -0.39 is 0 Å². The average Bonchev–Trinajstić information content (AvgIpc) is 2.39. The number of nitrogens with one attached hydrogen (secondary N) is 2. The Bertz CT molecular complexity index is 369. The molecule has 0 aliphatic rings. The highest BCUT2D eigenvalue weighted by molar-refractivity contribution is 5.43. The maximum absolute atomic E-state index is 9.03. The van der Waals surface area contributed by atoms with Crippen LogP contribution in [0, 0.1) is 0 Å². The first kappa shape index (κ1) is 14.4. The van der Waals surface area contributed by atoms with Crippen molar-refractivity contribution < 1.29 is 5.11 Å². The summed E-state index contributed by atoms with van der Waals surface area (Å²) < 4.78 is 0. The van der Waals surface area contributed by atoms with Crippen molar-refractivity contribution in [1.29, 1.82) is 0 Å². The Balaban J connectivity index is 3.00. The van der Waals surface area contributed by atoms with Crippen LogP contribution in [0.4, 0.5) is 17.8 Å². The Morgan fingerprint density at radius 3 is 2.28 bits per heavy atom. The number of aromatic nitrogens is 3. The minimum absolute atomic E-state index is 0.0289. The van der Waals surface area contributed by atoms with Crippen LogP contribution in [0.3, 0.4) is 0 Å². The zero-order valence-corrected chi connectivity index (χ0v) is 11.4. The van der Waals surface area contributed by atoms with Crippen LogP contribution in [0.25, 0.3) is 0 Å². The van der Waals surface area contributed by atoms with Crippen LogP contribution in [0.2, 0.25) is 0 Å². The van der Waals surface area contributed by atoms with Crippen molar-refractivity contribution in [2.45, 2.75) is 26.8 Å². The van der Waals surface area contributed by atoms with E-state index in [0.29, 0.717) is 17.8 Å². The standard InChI is InChI=1S/C11H22N6O/c1-5-17(6-2)11-15-9(12-4)14-10(16-11)13-8(3)7-18/h8,18H,5-7H2,1-4H3,(H2,12,13,14,15,16). The highest BCUT2D eigenvalue weighted by atomic mass is 16.3. The van der Waals surface area contributed by atoms with Gasteiger partial charge in [0, 0.05) is 26.2 Å². The smallest absolute Gasteiger partial charge is 0.231 e. The predicted octanol–water partition coefficient (Wildman–Crippen LogP) is 0.552. The summed E-state index contributed by atoms with van der Waals surface area (Å²) in [5.74, 6) is 1.62. The van der Waals surface area contributed by atoms with E-state index in [-0.39, 0.29) is 12.6 Å². The summed E-state index contributed by atoms with van der Waals surface area (Å²) in [7, 11) is 1.76. The molecule has 0 bridgehead atoms. The van der Waals surface area contributed by atoms with Crippen LogP contribution in [0.5, 0.6) is 0 Å². The van der Waals surface area contributed by atoms with E-state index in [1.54, 1.807) is 7.05 Å². The lowest BCUT2D eigenvalue weighted by atomic mass is 10.4. The van der Waals surface area contributed by atoms with Crippen molar-refractivity contribution in [2.75, 3.05) is 42.3 Å². The van der Waals surface area contributed by atoms with E-state index in [0.717, 1.165) is 13.1 Å². The zero-order valence-electron chi connectivity index (χ0n) is 11.4. The minimum Gasteiger partial charge on any atom is -0.394 e. The Morgan fingerprint density at radius 2 is 1.78 bits per heavy atom. The van der Waals surface area contributed by atoms with Crippen molar-refractivity contribution in [3.63, 3.8) is 0 Å². The van der Waals surface area contributed by atoms with E-state index in [9.17, 15) is 0 Å². The van der Waals surface area contributed by atoms with Crippen molar-refractivity contribution in [1.82, 2.24) is 15.0 Å². The predicted molar refractivity (Wildman–Crippen MR) is 73.1 cm³/mol. The summed E-state index contributed by atoms with van der Waals surface area (Å²) in [6.45, 7) is 7.66. The van der Waals surface area contributed by atoms with Gasteiger partial charge in [0.2, 0.25) is 17.8 Å². The van der Waals surface area contributed by atoms with E-state index in [2.05, 4.69) is 39.4 Å². The molecule has 0 aliphatic heterocycles. The van der Waals surface area contributed by atoms with Gasteiger partial charge in [0.05, 0.1) is 6.61 Å². The third-order valence-corrected chi connectivity index (χ3v) is 2.54. The lowest BCUT2D eigenvalue weighted by molar-refractivity contribution is 0.281. The lowest BCUT2D eigenvalue weighted by Crippen LogP contribution is -2.27. The second-order valence-electron chi connectivity index (χ2n) is 3.93. The van der Waals surface area contributed by atoms with Crippen molar-refractivity contribution in [3.05, 3.63) is 0 Å². The quantitative estimate of drug-likeness (QED) is 0.655. The Labute approximate surface area is 108 Å². The van der Waals surface area contributed by atoms with E-state index in [1.165, 1.54) is 0 Å². The molecule has 1 unspecified atom stereocenters. The largest absolute Gasteiger partial charge is 0.394 e. The maximum Gasteiger partial charge on any atom is 0.231 e. The van der Waals surface area contributed by atoms with Crippen LogP contribution in [-0.4, -0.2) is 52.8 Å². The highest BCUT2D eigenvalue weighted by Gasteiger charge is 2.11. The molecule has 3 N–H and O–H groups in total. The second-order valence-corrected chi connectivity index (χ2v) is 3.93. The molecule has 1 heterocycles. The lowest BCUT2D eigenvalue weighted by Gasteiger charge is -2.20. The third-order valence-electron chi connectivity index (χ3n) is 2.54. The number of hydrogen-bond acceptors (Lipinski definition) is 7. The maximum atomic E-state index is 9.03. The molecule has 0 saturated carbocycles. The van der Waals surface area contributed by atoms with Gasteiger partial charge in [-0.3, -0.25) is 0 Å². The Hall–Kier alpha value is -1.63. The topological polar surface area (TPSA) is 86.2 Å². The number of aliphatic hydroxyl groups is 1. The molecule has 1 aromatic rings. The molecule has 0 fully saturated rings. The van der Waals surface area contributed by atoms with E-state index in [1.807, 2.05) is 11.8 Å². The van der Waals surface area contributed by atoms with E-state index in [4.69, 9.17) is 5.11 Å². The molecule has 0 radical (unpaired) electrons. The van der Waals surface area contributed by atoms with Gasteiger partial charge in [-0.05, 0) is 20.8 Å². The van der Waals surface area contributed by atoms with Gasteiger partial charge in [0.1, 0.15) is 0 Å². The van der Waals surface area contributed by atoms with E-state index >= 15 is 0 Å². The summed E-state index contributed by atoms with van der Waals surface area (Å²) in [4.78, 5) is 14.9. The molecule has 7 nitrogen and oxygen atoms in total. The first-order chi connectivity index (χ1) is 8.64. The molecule has 0 amide bonds. The van der Waals surface area contributed by atoms with Crippen molar-refractivity contribution >= 4 is 17.8 Å². The summed E-state index contributed by atoms with van der Waals surface area (Å²) in [5.41, 5.74) is 0. The number of hydrogen-bond donors (Lipinski definition) is 3. The molecule has 0 aliphatic carbocycles. The molecule has 7 heteroatoms. The molecule has 18 heavy (non-hydrogen) atoms. The second kappa shape index (κ2) is 6.95. The fraction of sp³-hybridized carbons (Fsp3) is 0.727. The molecular formula is C11H22N6O. The number of rotatable bonds is 7. The van der Waals surface area contributed by atoms with Gasteiger partial charge in [0.25, 0.3) is 0 Å². The van der Waals surface area contributed by atoms with Gasteiger partial charge < -0.3 is 20.6 Å². The summed E-state index contributed by atoms with van der Waals surface area (Å²) in [6, 6.07) is -0.0957. The summed E-state index contributed by atoms with van der Waals surface area (Å²) in [6.07, 6.45) is 0. The SMILES string of the molecule is CCN(CC)c1nc(NC)nc(NC(C)CO)n1. The Kier molecular flexibility index (Phi) is 5.57. The fourth-order valence-corrected chi connectivity index (χ4v) is 1.46. The fourth-order valence-electron chi connectivity index (χ4n) is 1.46. The molecule has 102 valence electrons.